The fourth-order valence-electron chi connectivity index (χ4n) is 1.29. The van der Waals surface area contributed by atoms with Gasteiger partial charge in [-0.3, -0.25) is 0 Å². The molecule has 74 valence electrons. The van der Waals surface area contributed by atoms with Gasteiger partial charge < -0.3 is 5.73 Å². The van der Waals surface area contributed by atoms with Crippen molar-refractivity contribution in [2.24, 2.45) is 0 Å². The Morgan fingerprint density at radius 3 is 2.27 bits per heavy atom. The number of nitrogens with zero attached hydrogens (tertiary/aromatic N) is 1. The maximum atomic E-state index is 5.60. The number of rotatable bonds is 2. The second-order valence-electron chi connectivity index (χ2n) is 3.31. The lowest BCUT2D eigenvalue weighted by Gasteiger charge is -1.93. The lowest BCUT2D eigenvalue weighted by Crippen LogP contribution is -2.23. The van der Waals surface area contributed by atoms with Gasteiger partial charge in [-0.2, -0.15) is 4.57 Å². The summed E-state index contributed by atoms with van der Waals surface area (Å²) in [5.41, 5.74) is 7.54. The van der Waals surface area contributed by atoms with Gasteiger partial charge in [-0.05, 0) is 17.7 Å². The Hall–Kier alpha value is -2.09. The van der Waals surface area contributed by atoms with E-state index in [0.29, 0.717) is 0 Å². The van der Waals surface area contributed by atoms with E-state index in [1.807, 2.05) is 71.7 Å². The summed E-state index contributed by atoms with van der Waals surface area (Å²) in [4.78, 5) is 0. The van der Waals surface area contributed by atoms with E-state index in [1.165, 1.54) is 0 Å². The number of nitrogen functional groups attached to an aromatic ring is 1. The summed E-state index contributed by atoms with van der Waals surface area (Å²) in [7, 11) is 0. The predicted octanol–water partition coefficient (Wildman–Crippen LogP) is 2.18. The molecule has 0 aliphatic rings. The van der Waals surface area contributed by atoms with E-state index < -0.39 is 0 Å². The third-order valence-electron chi connectivity index (χ3n) is 2.11. The van der Waals surface area contributed by atoms with E-state index in [9.17, 15) is 0 Å². The van der Waals surface area contributed by atoms with Crippen LogP contribution < -0.4 is 10.3 Å². The van der Waals surface area contributed by atoms with Crippen molar-refractivity contribution < 1.29 is 4.57 Å². The van der Waals surface area contributed by atoms with Crippen molar-refractivity contribution in [2.45, 2.75) is 0 Å². The molecule has 1 aromatic heterocycles. The minimum absolute atomic E-state index is 0.791. The summed E-state index contributed by atoms with van der Waals surface area (Å²) in [6, 6.07) is 13.8. The molecular weight excluding hydrogens is 184 g/mol. The van der Waals surface area contributed by atoms with Gasteiger partial charge in [0.05, 0.1) is 0 Å². The van der Waals surface area contributed by atoms with Crippen LogP contribution in [0.3, 0.4) is 0 Å². The fraction of sp³-hybridized carbons (Fsp3) is 0. The zero-order valence-electron chi connectivity index (χ0n) is 8.38. The topological polar surface area (TPSA) is 29.9 Å². The van der Waals surface area contributed by atoms with Gasteiger partial charge in [0.15, 0.2) is 18.6 Å². The molecule has 0 amide bonds. The van der Waals surface area contributed by atoms with Gasteiger partial charge in [0, 0.05) is 23.9 Å². The molecule has 0 radical (unpaired) electrons. The van der Waals surface area contributed by atoms with Crippen LogP contribution in [0.15, 0.2) is 54.9 Å². The number of anilines is 1. The highest BCUT2D eigenvalue weighted by atomic mass is 14.9. The van der Waals surface area contributed by atoms with Gasteiger partial charge in [0.2, 0.25) is 0 Å². The van der Waals surface area contributed by atoms with Crippen molar-refractivity contribution in [1.29, 1.82) is 0 Å². The summed E-state index contributed by atoms with van der Waals surface area (Å²) in [6.07, 6.45) is 8.03. The highest BCUT2D eigenvalue weighted by Gasteiger charge is 1.91. The summed E-state index contributed by atoms with van der Waals surface area (Å²) in [5, 5.41) is 0. The normalized spacial score (nSPS) is 10.7. The molecule has 2 heteroatoms. The first-order valence-electron chi connectivity index (χ1n) is 4.84. The Balaban J connectivity index is 2.15. The van der Waals surface area contributed by atoms with Crippen molar-refractivity contribution in [3.63, 3.8) is 0 Å². The van der Waals surface area contributed by atoms with E-state index in [4.69, 9.17) is 5.73 Å². The summed E-state index contributed by atoms with van der Waals surface area (Å²) >= 11 is 0. The standard InChI is InChI=1S/C13H13N2/c14-13-6-4-12(5-7-13)8-11-15-9-2-1-3-10-15/h1-11H,14H2/q+1/b11-8+. The molecule has 1 heterocycles. The molecular formula is C13H13N2+. The second kappa shape index (κ2) is 4.42. The molecule has 15 heavy (non-hydrogen) atoms. The van der Waals surface area contributed by atoms with Gasteiger partial charge in [-0.1, -0.05) is 18.2 Å². The van der Waals surface area contributed by atoms with Crippen LogP contribution in [-0.4, -0.2) is 0 Å². The maximum absolute atomic E-state index is 5.60. The van der Waals surface area contributed by atoms with E-state index in [1.54, 1.807) is 0 Å². The molecule has 2 N–H and O–H groups in total. The molecule has 0 unspecified atom stereocenters. The second-order valence-corrected chi connectivity index (χ2v) is 3.31. The Kier molecular flexibility index (Phi) is 2.79. The van der Waals surface area contributed by atoms with Gasteiger partial charge in [-0.25, -0.2) is 0 Å². The van der Waals surface area contributed by atoms with Gasteiger partial charge >= 0.3 is 0 Å². The first-order valence-corrected chi connectivity index (χ1v) is 4.84. The maximum Gasteiger partial charge on any atom is 0.175 e. The number of benzene rings is 1. The first kappa shape index (κ1) is 9.46. The smallest absolute Gasteiger partial charge is 0.175 e. The highest BCUT2D eigenvalue weighted by Crippen LogP contribution is 2.06. The number of pyridine rings is 1. The van der Waals surface area contributed by atoms with Crippen LogP contribution in [0.5, 0.6) is 0 Å². The zero-order chi connectivity index (χ0) is 10.5. The van der Waals surface area contributed by atoms with Crippen LogP contribution >= 0.6 is 0 Å². The molecule has 2 aromatic rings. The number of hydrogen-bond donors (Lipinski definition) is 1. The van der Waals surface area contributed by atoms with Crippen molar-refractivity contribution >= 4 is 18.0 Å². The third kappa shape index (κ3) is 2.68. The Morgan fingerprint density at radius 2 is 1.60 bits per heavy atom. The molecule has 0 aliphatic carbocycles. The van der Waals surface area contributed by atoms with Crippen molar-refractivity contribution in [3.8, 4) is 0 Å². The van der Waals surface area contributed by atoms with E-state index in [0.717, 1.165) is 11.3 Å². The molecule has 0 fully saturated rings. The molecule has 0 saturated carbocycles. The van der Waals surface area contributed by atoms with Crippen molar-refractivity contribution in [1.82, 2.24) is 0 Å². The summed E-state index contributed by atoms with van der Waals surface area (Å²) < 4.78 is 2.00. The van der Waals surface area contributed by atoms with E-state index in [-0.39, 0.29) is 0 Å². The minimum atomic E-state index is 0.791. The largest absolute Gasteiger partial charge is 0.399 e. The molecule has 1 aromatic carbocycles. The van der Waals surface area contributed by atoms with Crippen LogP contribution in [0.2, 0.25) is 0 Å². The van der Waals surface area contributed by atoms with Crippen molar-refractivity contribution in [2.75, 3.05) is 5.73 Å². The zero-order valence-corrected chi connectivity index (χ0v) is 8.38. The van der Waals surface area contributed by atoms with Gasteiger partial charge in [-0.15, -0.1) is 0 Å². The SMILES string of the molecule is Nc1ccc(/C=C/[n+]2ccccc2)cc1. The Bertz CT molecular complexity index is 444. The van der Waals surface area contributed by atoms with Crippen LogP contribution in [0.25, 0.3) is 12.3 Å². The minimum Gasteiger partial charge on any atom is -0.399 e. The summed E-state index contributed by atoms with van der Waals surface area (Å²) in [5.74, 6) is 0. The number of nitrogens with two attached hydrogens (primary N) is 1. The lowest BCUT2D eigenvalue weighted by molar-refractivity contribution is -0.567. The van der Waals surface area contributed by atoms with E-state index in [2.05, 4.69) is 0 Å². The van der Waals surface area contributed by atoms with Crippen LogP contribution in [0.1, 0.15) is 5.56 Å². The average Bonchev–Trinajstić information content (AvgIpc) is 2.30. The monoisotopic (exact) mass is 197 g/mol. The molecule has 0 saturated heterocycles. The van der Waals surface area contributed by atoms with Crippen LogP contribution in [-0.2, 0) is 0 Å². The predicted molar refractivity (Wildman–Crippen MR) is 62.7 cm³/mol. The van der Waals surface area contributed by atoms with Crippen LogP contribution in [0, 0.1) is 0 Å². The first-order chi connectivity index (χ1) is 7.34. The van der Waals surface area contributed by atoms with Crippen molar-refractivity contribution in [3.05, 3.63) is 60.4 Å². The molecule has 2 nitrogen and oxygen atoms in total. The summed E-state index contributed by atoms with van der Waals surface area (Å²) in [6.45, 7) is 0. The van der Waals surface area contributed by atoms with E-state index >= 15 is 0 Å². The van der Waals surface area contributed by atoms with Crippen LogP contribution in [0.4, 0.5) is 5.69 Å². The number of aromatic nitrogens is 1. The average molecular weight is 197 g/mol. The van der Waals surface area contributed by atoms with Gasteiger partial charge in [0.25, 0.3) is 0 Å². The third-order valence-corrected chi connectivity index (χ3v) is 2.11. The number of hydrogen-bond acceptors (Lipinski definition) is 1. The quantitative estimate of drug-likeness (QED) is 0.580. The Morgan fingerprint density at radius 1 is 0.933 bits per heavy atom. The molecule has 0 bridgehead atoms. The highest BCUT2D eigenvalue weighted by molar-refractivity contribution is 5.58. The molecule has 0 spiro atoms. The Labute approximate surface area is 89.3 Å². The molecule has 2 rings (SSSR count). The molecule has 0 atom stereocenters. The lowest BCUT2D eigenvalue weighted by atomic mass is 10.2. The van der Waals surface area contributed by atoms with Gasteiger partial charge in [0.1, 0.15) is 0 Å². The molecule has 0 aliphatic heterocycles. The fourth-order valence-corrected chi connectivity index (χ4v) is 1.29.